The molecule has 0 amide bonds. The number of imidazole rings is 2. The molecule has 12 aromatic heterocycles. The number of aromatic nitrogens is 10. The molecule has 0 bridgehead atoms. The molecule has 10 aromatic carbocycles. The average Bonchev–Trinajstić information content (AvgIpc) is 1.56. The molecule has 4 atom stereocenters. The molecular formula is C122H122N18O4. The number of benzene rings is 10. The summed E-state index contributed by atoms with van der Waals surface area (Å²) in [4.78, 5) is 48.3. The van der Waals surface area contributed by atoms with Crippen molar-refractivity contribution in [1.82, 2.24) is 48.2 Å². The Bertz CT molecular complexity index is 8400. The summed E-state index contributed by atoms with van der Waals surface area (Å²) in [5.74, 6) is 4.24. The maximum Gasteiger partial charge on any atom is 0.227 e. The van der Waals surface area contributed by atoms with Crippen molar-refractivity contribution in [3.8, 4) is 0 Å². The fourth-order valence-electron chi connectivity index (χ4n) is 25.4. The van der Waals surface area contributed by atoms with E-state index >= 15 is 0 Å². The maximum absolute atomic E-state index is 6.28. The van der Waals surface area contributed by atoms with Crippen LogP contribution in [-0.2, 0) is 50.3 Å². The number of fused-ring (bicyclic) bond motifs is 18. The minimum atomic E-state index is -0.375. The lowest BCUT2D eigenvalue weighted by Gasteiger charge is -2.43. The Morgan fingerprint density at radius 1 is 0.271 bits per heavy atom. The van der Waals surface area contributed by atoms with Gasteiger partial charge in [0.1, 0.15) is 58.6 Å². The Kier molecular flexibility index (Phi) is 21.5. The van der Waals surface area contributed by atoms with Crippen molar-refractivity contribution in [2.24, 2.45) is 28.2 Å². The second-order valence-electron chi connectivity index (χ2n) is 41.7. The number of hydrogen-bond acceptors (Lipinski definition) is 18. The Balaban J connectivity index is 0.000000106. The van der Waals surface area contributed by atoms with Crippen LogP contribution in [0, 0.1) is 55.4 Å². The van der Waals surface area contributed by atoms with Gasteiger partial charge in [0.15, 0.2) is 0 Å². The van der Waals surface area contributed by atoms with Crippen LogP contribution in [0.25, 0.3) is 110 Å². The number of para-hydroxylation sites is 11. The van der Waals surface area contributed by atoms with Gasteiger partial charge >= 0.3 is 0 Å². The summed E-state index contributed by atoms with van der Waals surface area (Å²) in [6.07, 6.45) is 6.24. The van der Waals surface area contributed by atoms with E-state index in [1.807, 2.05) is 53.2 Å². The number of nitrogens with zero attached hydrogens (tertiary/aromatic N) is 18. The Morgan fingerprint density at radius 2 is 0.583 bits per heavy atom. The van der Waals surface area contributed by atoms with Crippen LogP contribution in [-0.4, -0.2) is 72.8 Å². The lowest BCUT2D eigenvalue weighted by Crippen LogP contribution is -2.50. The highest BCUT2D eigenvalue weighted by atomic mass is 16.4. The molecule has 0 aliphatic carbocycles. The zero-order valence-corrected chi connectivity index (χ0v) is 86.6. The predicted molar refractivity (Wildman–Crippen MR) is 590 cm³/mol. The zero-order chi connectivity index (χ0) is 100. The summed E-state index contributed by atoms with van der Waals surface area (Å²) in [5, 5.41) is 10.1. The number of anilines is 12. The molecule has 22 heteroatoms. The summed E-state index contributed by atoms with van der Waals surface area (Å²) in [7, 11) is 8.42. The summed E-state index contributed by atoms with van der Waals surface area (Å²) in [5.41, 5.74) is 31.8. The molecule has 0 unspecified atom stereocenters. The molecule has 22 nitrogen and oxygen atoms in total. The van der Waals surface area contributed by atoms with Crippen molar-refractivity contribution in [3.05, 3.63) is 347 Å². The van der Waals surface area contributed by atoms with Crippen molar-refractivity contribution in [2.75, 3.05) is 39.2 Å². The van der Waals surface area contributed by atoms with E-state index in [0.717, 1.165) is 123 Å². The smallest absolute Gasteiger partial charge is 0.227 e. The Morgan fingerprint density at radius 3 is 0.917 bits per heavy atom. The molecule has 0 spiro atoms. The van der Waals surface area contributed by atoms with Gasteiger partial charge in [-0.05, 0) is 341 Å². The average molecular weight is 1900 g/mol. The van der Waals surface area contributed by atoms with Crippen LogP contribution in [0.4, 0.5) is 69.0 Å². The topological polar surface area (TPSA) is 176 Å². The molecule has 0 fully saturated rings. The van der Waals surface area contributed by atoms with Crippen LogP contribution in [0.1, 0.15) is 150 Å². The number of furan rings is 4. The quantitative estimate of drug-likeness (QED) is 0.113. The summed E-state index contributed by atoms with van der Waals surface area (Å²) < 4.78 is 33.8. The van der Waals surface area contributed by atoms with E-state index in [0.29, 0.717) is 22.9 Å². The van der Waals surface area contributed by atoms with Gasteiger partial charge in [-0.3, -0.25) is 9.80 Å². The molecule has 16 heterocycles. The SMILES string of the molecule is Cc1ccc2c(n1)oc1ccc(C)c(C(C)(C)N3c4ccccc4N(c4cc5ccccc5n4C)[C@H]3C)c12.Cc1ccc2c(n1)oc1ccc(C)c(C(C)(C)N3c4ccccc4N(c4cccn4C)[C@H]3C)c12.Cc1ccc2c(n1)oc1ccc(C)c(C(C)(C)N3c4ccccc4N(c4nc5ccccc5n4C)[C@H]3C)c12.Cc1ccc2c(n1)oc1ccc(C)c(C(C)(C)N3c4ccccc4N(c4nccn4C)[C@H]3C)c12. The minimum absolute atomic E-state index is 0.0195. The highest BCUT2D eigenvalue weighted by molar-refractivity contribution is 6.11. The normalized spacial score (nSPS) is 15.9. The van der Waals surface area contributed by atoms with E-state index in [-0.39, 0.29) is 46.8 Å². The van der Waals surface area contributed by atoms with Crippen LogP contribution in [0.3, 0.4) is 0 Å². The van der Waals surface area contributed by atoms with E-state index < -0.39 is 0 Å². The summed E-state index contributed by atoms with van der Waals surface area (Å²) in [6.45, 7) is 44.6. The third-order valence-electron chi connectivity index (χ3n) is 31.2. The van der Waals surface area contributed by atoms with Crippen molar-refractivity contribution < 1.29 is 17.7 Å². The number of hydrogen-bond donors (Lipinski definition) is 0. The standard InChI is InChI=1S/C33H32N4O.C32H31N5O.C29H30N4O.C28H29N5O/c1-20-15-18-28-30(24-17-16-21(2)34-32(24)38-28)31(20)33(4,5)37-22(3)36(26-13-9-10-14-27(26)37)29-19-23-11-7-8-12-25(23)35(29)6;1-19-15-18-27-28(22-17-16-20(2)33-30(22)38-27)29(19)32(4,5)37-21(3)36(25-13-9-10-14-26(25)37)31-34-23-11-7-8-12-24(23)35(31)6;1-18-13-16-24-26(21-15-14-19(2)30-28(21)34-24)27(18)29(4,5)33-20(3)32(25-12-9-17-31(25)6)22-10-7-8-11-23(22)33;1-17-11-14-23-24(20-13-12-18(2)30-26(20)34-23)25(17)28(4,5)33-19(3)32(27-29-15-16-31(27)6)21-9-7-8-10-22(21)33/h7-19,22H,1-6H3;7-18,21H,1-6H3;7-17,20H,1-6H3;7-16,19H,1-6H3/t22-;21-;20-;19-/m1111/s1. The Labute approximate surface area is 839 Å². The molecule has 4 aliphatic rings. The van der Waals surface area contributed by atoms with Crippen LogP contribution in [0.15, 0.2) is 297 Å². The van der Waals surface area contributed by atoms with Gasteiger partial charge in [-0.25, -0.2) is 29.9 Å². The number of aryl methyl sites for hydroxylation is 12. The molecule has 724 valence electrons. The van der Waals surface area contributed by atoms with E-state index in [2.05, 4.69) is 465 Å². The first-order valence-corrected chi connectivity index (χ1v) is 50.1. The van der Waals surface area contributed by atoms with E-state index in [1.54, 1.807) is 0 Å². The second-order valence-corrected chi connectivity index (χ2v) is 41.7. The van der Waals surface area contributed by atoms with Gasteiger partial charge in [-0.15, -0.1) is 0 Å². The van der Waals surface area contributed by atoms with Gasteiger partial charge in [-0.2, -0.15) is 0 Å². The minimum Gasteiger partial charge on any atom is -0.438 e. The van der Waals surface area contributed by atoms with E-state index in [4.69, 9.17) is 32.6 Å². The highest BCUT2D eigenvalue weighted by Crippen LogP contribution is 2.58. The molecule has 0 radical (unpaired) electrons. The van der Waals surface area contributed by atoms with E-state index in [9.17, 15) is 0 Å². The molecule has 0 saturated carbocycles. The van der Waals surface area contributed by atoms with Crippen molar-refractivity contribution in [3.63, 3.8) is 0 Å². The summed E-state index contributed by atoms with van der Waals surface area (Å²) >= 11 is 0. The molecule has 22 aromatic rings. The van der Waals surface area contributed by atoms with Crippen LogP contribution >= 0.6 is 0 Å². The molecular weight excluding hydrogens is 1780 g/mol. The van der Waals surface area contributed by atoms with Gasteiger partial charge < -0.3 is 65.3 Å². The highest BCUT2D eigenvalue weighted by Gasteiger charge is 2.51. The van der Waals surface area contributed by atoms with Gasteiger partial charge in [0, 0.05) is 124 Å². The third kappa shape index (κ3) is 14.0. The number of rotatable bonds is 12. The van der Waals surface area contributed by atoms with Crippen molar-refractivity contribution in [1.29, 1.82) is 0 Å². The van der Waals surface area contributed by atoms with Gasteiger partial charge in [0.2, 0.25) is 34.8 Å². The number of pyridine rings is 4. The van der Waals surface area contributed by atoms with Crippen LogP contribution in [0.2, 0.25) is 0 Å². The first kappa shape index (κ1) is 91.7. The fourth-order valence-corrected chi connectivity index (χ4v) is 25.4. The zero-order valence-electron chi connectivity index (χ0n) is 86.6. The second kappa shape index (κ2) is 33.8. The molecule has 4 aliphatic heterocycles. The maximum atomic E-state index is 6.28. The third-order valence-corrected chi connectivity index (χ3v) is 31.2. The van der Waals surface area contributed by atoms with Gasteiger partial charge in [-0.1, -0.05) is 103 Å². The van der Waals surface area contributed by atoms with Crippen LogP contribution < -0.4 is 39.2 Å². The Hall–Kier alpha value is -16.1. The van der Waals surface area contributed by atoms with Crippen molar-refractivity contribution in [2.45, 2.75) is 185 Å². The largest absolute Gasteiger partial charge is 0.438 e. The van der Waals surface area contributed by atoms with E-state index in [1.165, 1.54) is 101 Å². The van der Waals surface area contributed by atoms with Crippen LogP contribution in [0.5, 0.6) is 0 Å². The lowest BCUT2D eigenvalue weighted by atomic mass is 9.84. The monoisotopic (exact) mass is 1900 g/mol. The lowest BCUT2D eigenvalue weighted by molar-refractivity contribution is 0.447. The van der Waals surface area contributed by atoms with Gasteiger partial charge in [0.05, 0.1) is 78.7 Å². The van der Waals surface area contributed by atoms with Crippen molar-refractivity contribution >= 4 is 179 Å². The molecule has 144 heavy (non-hydrogen) atoms. The summed E-state index contributed by atoms with van der Waals surface area (Å²) in [6, 6.07) is 92.2. The first-order valence-electron chi connectivity index (χ1n) is 50.1. The fraction of sp³-hybridized carbons (Fsp3) is 0.262. The molecule has 26 rings (SSSR count). The van der Waals surface area contributed by atoms with Gasteiger partial charge in [0.25, 0.3) is 0 Å². The molecule has 0 N–H and O–H groups in total. The first-order chi connectivity index (χ1) is 69.1. The predicted octanol–water partition coefficient (Wildman–Crippen LogP) is 29.8. The molecule has 0 saturated heterocycles.